The van der Waals surface area contributed by atoms with Gasteiger partial charge in [0.05, 0.1) is 5.69 Å². The normalized spacial score (nSPS) is 24.4. The topological polar surface area (TPSA) is 80.7 Å². The zero-order chi connectivity index (χ0) is 16.4. The van der Waals surface area contributed by atoms with Crippen LogP contribution in [-0.2, 0) is 17.8 Å². The number of aromatic amines is 1. The Labute approximate surface area is 142 Å². The Balaban J connectivity index is 1.30. The van der Waals surface area contributed by atoms with Crippen molar-refractivity contribution >= 4 is 0 Å². The minimum absolute atomic E-state index is 0.00216. The molecule has 0 unspecified atom stereocenters. The summed E-state index contributed by atoms with van der Waals surface area (Å²) < 4.78 is 8.01. The second kappa shape index (κ2) is 7.03. The van der Waals surface area contributed by atoms with Crippen LogP contribution in [0.5, 0.6) is 0 Å². The van der Waals surface area contributed by atoms with Crippen LogP contribution in [-0.4, -0.2) is 38.1 Å². The van der Waals surface area contributed by atoms with Crippen LogP contribution in [0.2, 0.25) is 0 Å². The minimum atomic E-state index is 0.00216. The molecule has 2 fully saturated rings. The molecule has 2 aliphatic rings. The van der Waals surface area contributed by atoms with E-state index in [0.717, 1.165) is 50.2 Å². The lowest BCUT2D eigenvalue weighted by atomic mass is 9.85. The molecule has 2 aromatic heterocycles. The number of rotatable bonds is 7. The van der Waals surface area contributed by atoms with Crippen molar-refractivity contribution in [1.82, 2.24) is 30.3 Å². The van der Waals surface area contributed by atoms with Crippen LogP contribution in [0.3, 0.4) is 0 Å². The lowest BCUT2D eigenvalue weighted by molar-refractivity contribution is 0.0834. The van der Waals surface area contributed by atoms with Crippen molar-refractivity contribution in [3.63, 3.8) is 0 Å². The van der Waals surface area contributed by atoms with E-state index in [1.54, 1.807) is 0 Å². The van der Waals surface area contributed by atoms with Crippen LogP contribution < -0.4 is 5.32 Å². The molecular weight excluding hydrogens is 304 g/mol. The number of ether oxygens (including phenoxy) is 1. The molecule has 0 aromatic carbocycles. The van der Waals surface area contributed by atoms with Gasteiger partial charge in [-0.2, -0.15) is 10.2 Å². The molecule has 7 nitrogen and oxygen atoms in total. The van der Waals surface area contributed by atoms with Gasteiger partial charge in [-0.15, -0.1) is 0 Å². The molecule has 24 heavy (non-hydrogen) atoms. The van der Waals surface area contributed by atoms with Crippen molar-refractivity contribution < 1.29 is 4.74 Å². The first-order valence-corrected chi connectivity index (χ1v) is 9.01. The molecule has 7 heteroatoms. The number of hydrogen-bond donors (Lipinski definition) is 2. The second-order valence-corrected chi connectivity index (χ2v) is 7.05. The van der Waals surface area contributed by atoms with Crippen molar-refractivity contribution in [2.45, 2.75) is 51.8 Å². The summed E-state index contributed by atoms with van der Waals surface area (Å²) in [4.78, 5) is 4.43. The molecule has 1 aliphatic carbocycles. The van der Waals surface area contributed by atoms with E-state index in [4.69, 9.17) is 4.74 Å². The molecule has 0 bridgehead atoms. The molecular formula is C17H26N6O. The molecule has 0 amide bonds. The van der Waals surface area contributed by atoms with Gasteiger partial charge in [0.2, 0.25) is 0 Å². The highest BCUT2D eigenvalue weighted by Gasteiger charge is 2.32. The third kappa shape index (κ3) is 3.37. The Morgan fingerprint density at radius 3 is 3.04 bits per heavy atom. The average molecular weight is 330 g/mol. The molecule has 2 aromatic rings. The van der Waals surface area contributed by atoms with Crippen LogP contribution in [0.15, 0.2) is 12.3 Å². The average Bonchev–Trinajstić information content (AvgIpc) is 3.24. The standard InChI is InChI=1S/C17H26N6O/c1-12-20-17(22-21-12)16-14(6-8-24-16)9-18-10-15-5-7-19-23(15)11-13-3-2-4-13/h5,7,13-14,16,18H,2-4,6,8-11H2,1H3,(H,20,21,22)/t14-,16-/m0/s1. The maximum atomic E-state index is 5.85. The highest BCUT2D eigenvalue weighted by Crippen LogP contribution is 2.32. The van der Waals surface area contributed by atoms with Crippen LogP contribution in [0.4, 0.5) is 0 Å². The van der Waals surface area contributed by atoms with E-state index in [0.29, 0.717) is 5.92 Å². The quantitative estimate of drug-likeness (QED) is 0.811. The number of nitrogens with zero attached hydrogens (tertiary/aromatic N) is 4. The number of hydrogen-bond acceptors (Lipinski definition) is 5. The smallest absolute Gasteiger partial charge is 0.179 e. The summed E-state index contributed by atoms with van der Waals surface area (Å²) in [6, 6.07) is 2.12. The maximum Gasteiger partial charge on any atom is 0.179 e. The molecule has 1 saturated carbocycles. The van der Waals surface area contributed by atoms with Crippen molar-refractivity contribution in [1.29, 1.82) is 0 Å². The Kier molecular flexibility index (Phi) is 4.62. The molecule has 1 aliphatic heterocycles. The summed E-state index contributed by atoms with van der Waals surface area (Å²) >= 11 is 0. The predicted octanol–water partition coefficient (Wildman–Crippen LogP) is 1.98. The molecule has 0 spiro atoms. The third-order valence-electron chi connectivity index (χ3n) is 5.26. The Hall–Kier alpha value is -1.73. The summed E-state index contributed by atoms with van der Waals surface area (Å²) in [7, 11) is 0. The monoisotopic (exact) mass is 330 g/mol. The minimum Gasteiger partial charge on any atom is -0.370 e. The summed E-state index contributed by atoms with van der Waals surface area (Å²) in [5.74, 6) is 2.87. The highest BCUT2D eigenvalue weighted by atomic mass is 16.5. The van der Waals surface area contributed by atoms with Gasteiger partial charge in [-0.25, -0.2) is 4.98 Å². The Bertz CT molecular complexity index is 662. The van der Waals surface area contributed by atoms with Gasteiger partial charge in [0, 0.05) is 38.4 Å². The van der Waals surface area contributed by atoms with E-state index in [1.165, 1.54) is 25.0 Å². The zero-order valence-electron chi connectivity index (χ0n) is 14.2. The van der Waals surface area contributed by atoms with Crippen molar-refractivity contribution in [3.8, 4) is 0 Å². The summed E-state index contributed by atoms with van der Waals surface area (Å²) in [6.45, 7) is 5.53. The first kappa shape index (κ1) is 15.8. The summed E-state index contributed by atoms with van der Waals surface area (Å²) in [5.41, 5.74) is 1.27. The SMILES string of the molecule is Cc1nc([C@H]2OCC[C@H]2CNCc2ccnn2CC2CCC2)n[nH]1. The van der Waals surface area contributed by atoms with Crippen molar-refractivity contribution in [2.75, 3.05) is 13.2 Å². The van der Waals surface area contributed by atoms with Gasteiger partial charge in [0.25, 0.3) is 0 Å². The molecule has 0 radical (unpaired) electrons. The highest BCUT2D eigenvalue weighted by molar-refractivity contribution is 5.02. The third-order valence-corrected chi connectivity index (χ3v) is 5.26. The van der Waals surface area contributed by atoms with Gasteiger partial charge in [-0.1, -0.05) is 6.42 Å². The Morgan fingerprint density at radius 1 is 1.38 bits per heavy atom. The lowest BCUT2D eigenvalue weighted by Crippen LogP contribution is -2.27. The number of nitrogens with one attached hydrogen (secondary N) is 2. The van der Waals surface area contributed by atoms with E-state index in [1.807, 2.05) is 13.1 Å². The van der Waals surface area contributed by atoms with Crippen LogP contribution in [0.25, 0.3) is 0 Å². The summed E-state index contributed by atoms with van der Waals surface area (Å²) in [5, 5.41) is 15.2. The number of aryl methyl sites for hydroxylation is 1. The van der Waals surface area contributed by atoms with Crippen LogP contribution >= 0.6 is 0 Å². The molecule has 1 saturated heterocycles. The molecule has 4 rings (SSSR count). The lowest BCUT2D eigenvalue weighted by Gasteiger charge is -2.26. The van der Waals surface area contributed by atoms with E-state index < -0.39 is 0 Å². The van der Waals surface area contributed by atoms with E-state index >= 15 is 0 Å². The molecule has 2 atom stereocenters. The largest absolute Gasteiger partial charge is 0.370 e. The first-order valence-electron chi connectivity index (χ1n) is 9.01. The van der Waals surface area contributed by atoms with E-state index in [2.05, 4.69) is 36.3 Å². The van der Waals surface area contributed by atoms with E-state index in [-0.39, 0.29) is 6.10 Å². The molecule has 2 N–H and O–H groups in total. The van der Waals surface area contributed by atoms with Gasteiger partial charge in [0.15, 0.2) is 5.82 Å². The van der Waals surface area contributed by atoms with Crippen molar-refractivity contribution in [3.05, 3.63) is 29.6 Å². The first-order chi connectivity index (χ1) is 11.8. The fourth-order valence-electron chi connectivity index (χ4n) is 3.60. The molecule has 3 heterocycles. The van der Waals surface area contributed by atoms with Gasteiger partial charge in [0.1, 0.15) is 11.9 Å². The van der Waals surface area contributed by atoms with Crippen LogP contribution in [0.1, 0.15) is 49.1 Å². The number of H-pyrrole nitrogens is 1. The second-order valence-electron chi connectivity index (χ2n) is 7.05. The fraction of sp³-hybridized carbons (Fsp3) is 0.706. The van der Waals surface area contributed by atoms with Crippen molar-refractivity contribution in [2.24, 2.45) is 11.8 Å². The Morgan fingerprint density at radius 2 is 2.29 bits per heavy atom. The van der Waals surface area contributed by atoms with Gasteiger partial charge < -0.3 is 10.1 Å². The van der Waals surface area contributed by atoms with Gasteiger partial charge in [-0.05, 0) is 38.2 Å². The van der Waals surface area contributed by atoms with Crippen LogP contribution in [0, 0.1) is 18.8 Å². The fourth-order valence-corrected chi connectivity index (χ4v) is 3.60. The van der Waals surface area contributed by atoms with E-state index in [9.17, 15) is 0 Å². The predicted molar refractivity (Wildman–Crippen MR) is 89.2 cm³/mol. The molecule has 130 valence electrons. The maximum absolute atomic E-state index is 5.85. The van der Waals surface area contributed by atoms with Gasteiger partial charge in [-0.3, -0.25) is 9.78 Å². The zero-order valence-corrected chi connectivity index (χ0v) is 14.2. The van der Waals surface area contributed by atoms with Gasteiger partial charge >= 0.3 is 0 Å². The summed E-state index contributed by atoms with van der Waals surface area (Å²) in [6.07, 6.45) is 7.04. The number of aromatic nitrogens is 5.